The number of rotatable bonds is 6. The lowest BCUT2D eigenvalue weighted by atomic mass is 10.0. The molecule has 1 aromatic carbocycles. The number of hydrogen-bond acceptors (Lipinski definition) is 3. The predicted octanol–water partition coefficient (Wildman–Crippen LogP) is 4.37. The quantitative estimate of drug-likeness (QED) is 0.726. The van der Waals surface area contributed by atoms with Gasteiger partial charge in [0.1, 0.15) is 0 Å². The molecule has 4 heteroatoms. The van der Waals surface area contributed by atoms with Gasteiger partial charge in [-0.1, -0.05) is 30.3 Å². The number of pyridine rings is 1. The molecule has 0 spiro atoms. The van der Waals surface area contributed by atoms with E-state index in [2.05, 4.69) is 40.8 Å². The zero-order chi connectivity index (χ0) is 16.8. The Kier molecular flexibility index (Phi) is 5.39. The van der Waals surface area contributed by atoms with Gasteiger partial charge in [0.2, 0.25) is 5.91 Å². The van der Waals surface area contributed by atoms with E-state index in [4.69, 9.17) is 0 Å². The minimum atomic E-state index is 0.0679. The molecule has 0 atom stereocenters. The van der Waals surface area contributed by atoms with E-state index in [1.54, 1.807) is 17.5 Å². The molecule has 0 unspecified atom stereocenters. The summed E-state index contributed by atoms with van der Waals surface area (Å²) in [6, 6.07) is 14.2. The van der Waals surface area contributed by atoms with Crippen molar-refractivity contribution in [2.24, 2.45) is 0 Å². The number of hydrogen-bond donors (Lipinski definition) is 1. The van der Waals surface area contributed by atoms with Crippen molar-refractivity contribution in [1.29, 1.82) is 0 Å². The molecule has 3 rings (SSSR count). The molecule has 2 aromatic heterocycles. The zero-order valence-electron chi connectivity index (χ0n) is 13.7. The van der Waals surface area contributed by atoms with E-state index in [9.17, 15) is 4.79 Å². The number of benzene rings is 1. The summed E-state index contributed by atoms with van der Waals surface area (Å²) in [6.45, 7) is 2.58. The molecule has 3 aromatic rings. The average molecular weight is 336 g/mol. The second-order valence-corrected chi connectivity index (χ2v) is 6.51. The molecule has 0 radical (unpaired) electrons. The molecule has 0 aliphatic heterocycles. The molecule has 24 heavy (non-hydrogen) atoms. The van der Waals surface area contributed by atoms with Gasteiger partial charge in [-0.3, -0.25) is 9.78 Å². The maximum Gasteiger partial charge on any atom is 0.220 e. The first-order valence-corrected chi connectivity index (χ1v) is 8.96. The van der Waals surface area contributed by atoms with Crippen LogP contribution in [0.3, 0.4) is 0 Å². The molecular weight excluding hydrogens is 316 g/mol. The number of carbonyl (C=O) groups is 1. The number of aromatic nitrogens is 1. The first-order valence-electron chi connectivity index (χ1n) is 8.01. The van der Waals surface area contributed by atoms with Gasteiger partial charge in [0.25, 0.3) is 0 Å². The summed E-state index contributed by atoms with van der Waals surface area (Å²) in [4.78, 5) is 16.6. The Bertz CT molecular complexity index is 812. The van der Waals surface area contributed by atoms with Crippen LogP contribution in [0.2, 0.25) is 0 Å². The number of carbonyl (C=O) groups excluding carboxylic acids is 1. The SMILES string of the molecule is Cc1ccccc1CCC(=O)NCc1cccnc1-c1ccsc1. The van der Waals surface area contributed by atoms with Crippen LogP contribution in [0.4, 0.5) is 0 Å². The molecule has 0 fully saturated rings. The van der Waals surface area contributed by atoms with Crippen LogP contribution in [0, 0.1) is 6.92 Å². The standard InChI is InChI=1S/C20H20N2OS/c1-15-5-2-3-6-16(15)8-9-19(23)22-13-17-7-4-11-21-20(17)18-10-12-24-14-18/h2-7,10-12,14H,8-9,13H2,1H3,(H,22,23). The molecule has 122 valence electrons. The van der Waals surface area contributed by atoms with Gasteiger partial charge < -0.3 is 5.32 Å². The van der Waals surface area contributed by atoms with Crippen LogP contribution in [-0.4, -0.2) is 10.9 Å². The van der Waals surface area contributed by atoms with E-state index < -0.39 is 0 Å². The second kappa shape index (κ2) is 7.88. The molecule has 0 aliphatic rings. The van der Waals surface area contributed by atoms with Crippen LogP contribution < -0.4 is 5.32 Å². The van der Waals surface area contributed by atoms with Crippen molar-refractivity contribution in [3.63, 3.8) is 0 Å². The third-order valence-electron chi connectivity index (χ3n) is 4.04. The van der Waals surface area contributed by atoms with Crippen molar-refractivity contribution in [2.45, 2.75) is 26.3 Å². The summed E-state index contributed by atoms with van der Waals surface area (Å²) in [6.07, 6.45) is 3.05. The molecule has 2 heterocycles. The Morgan fingerprint density at radius 3 is 2.75 bits per heavy atom. The van der Waals surface area contributed by atoms with Gasteiger partial charge in [-0.15, -0.1) is 0 Å². The minimum absolute atomic E-state index is 0.0679. The van der Waals surface area contributed by atoms with Gasteiger partial charge in [-0.05, 0) is 47.5 Å². The lowest BCUT2D eigenvalue weighted by Gasteiger charge is -2.10. The maximum absolute atomic E-state index is 12.2. The van der Waals surface area contributed by atoms with Crippen LogP contribution in [0.15, 0.2) is 59.4 Å². The summed E-state index contributed by atoms with van der Waals surface area (Å²) in [7, 11) is 0. The van der Waals surface area contributed by atoms with Crippen molar-refractivity contribution >= 4 is 17.2 Å². The monoisotopic (exact) mass is 336 g/mol. The largest absolute Gasteiger partial charge is 0.352 e. The lowest BCUT2D eigenvalue weighted by Crippen LogP contribution is -2.23. The van der Waals surface area contributed by atoms with E-state index in [1.807, 2.05) is 29.6 Å². The molecule has 0 bridgehead atoms. The van der Waals surface area contributed by atoms with Crippen molar-refractivity contribution in [2.75, 3.05) is 0 Å². The molecule has 0 saturated heterocycles. The molecular formula is C20H20N2OS. The Morgan fingerprint density at radius 1 is 1.12 bits per heavy atom. The Balaban J connectivity index is 1.58. The predicted molar refractivity (Wildman–Crippen MR) is 98.9 cm³/mol. The van der Waals surface area contributed by atoms with Gasteiger partial charge in [0.05, 0.1) is 5.69 Å². The van der Waals surface area contributed by atoms with E-state index in [0.29, 0.717) is 13.0 Å². The van der Waals surface area contributed by atoms with Gasteiger partial charge in [-0.25, -0.2) is 0 Å². The van der Waals surface area contributed by atoms with Crippen LogP contribution in [0.5, 0.6) is 0 Å². The minimum Gasteiger partial charge on any atom is -0.352 e. The third kappa shape index (κ3) is 4.09. The average Bonchev–Trinajstić information content (AvgIpc) is 3.14. The molecule has 3 nitrogen and oxygen atoms in total. The Hall–Kier alpha value is -2.46. The summed E-state index contributed by atoms with van der Waals surface area (Å²) < 4.78 is 0. The maximum atomic E-state index is 12.2. The molecule has 1 N–H and O–H groups in total. The highest BCUT2D eigenvalue weighted by atomic mass is 32.1. The third-order valence-corrected chi connectivity index (χ3v) is 4.73. The zero-order valence-corrected chi connectivity index (χ0v) is 14.5. The van der Waals surface area contributed by atoms with Gasteiger partial charge >= 0.3 is 0 Å². The van der Waals surface area contributed by atoms with Crippen LogP contribution in [0.25, 0.3) is 11.3 Å². The topological polar surface area (TPSA) is 42.0 Å². The second-order valence-electron chi connectivity index (χ2n) is 5.73. The smallest absolute Gasteiger partial charge is 0.220 e. The van der Waals surface area contributed by atoms with Gasteiger partial charge in [0.15, 0.2) is 0 Å². The number of amides is 1. The fraction of sp³-hybridized carbons (Fsp3) is 0.200. The molecule has 0 aliphatic carbocycles. The summed E-state index contributed by atoms with van der Waals surface area (Å²) in [5, 5.41) is 7.13. The summed E-state index contributed by atoms with van der Waals surface area (Å²) >= 11 is 1.65. The van der Waals surface area contributed by atoms with E-state index in [1.165, 1.54) is 11.1 Å². The number of nitrogens with zero attached hydrogens (tertiary/aromatic N) is 1. The van der Waals surface area contributed by atoms with Gasteiger partial charge in [0, 0.05) is 30.1 Å². The highest BCUT2D eigenvalue weighted by Crippen LogP contribution is 2.23. The van der Waals surface area contributed by atoms with E-state index in [-0.39, 0.29) is 5.91 Å². The number of nitrogens with one attached hydrogen (secondary N) is 1. The van der Waals surface area contributed by atoms with Crippen molar-refractivity contribution in [3.8, 4) is 11.3 Å². The van der Waals surface area contributed by atoms with Crippen molar-refractivity contribution in [3.05, 3.63) is 76.1 Å². The molecule has 0 saturated carbocycles. The van der Waals surface area contributed by atoms with Gasteiger partial charge in [-0.2, -0.15) is 11.3 Å². The normalized spacial score (nSPS) is 10.5. The number of aryl methyl sites for hydroxylation is 2. The van der Waals surface area contributed by atoms with Crippen LogP contribution >= 0.6 is 11.3 Å². The first kappa shape index (κ1) is 16.4. The van der Waals surface area contributed by atoms with Crippen molar-refractivity contribution in [1.82, 2.24) is 10.3 Å². The highest BCUT2D eigenvalue weighted by molar-refractivity contribution is 7.08. The number of thiophene rings is 1. The lowest BCUT2D eigenvalue weighted by molar-refractivity contribution is -0.121. The van der Waals surface area contributed by atoms with Crippen LogP contribution in [0.1, 0.15) is 23.1 Å². The Labute approximate surface area is 146 Å². The first-order chi connectivity index (χ1) is 11.7. The van der Waals surface area contributed by atoms with E-state index >= 15 is 0 Å². The highest BCUT2D eigenvalue weighted by Gasteiger charge is 2.09. The fourth-order valence-electron chi connectivity index (χ4n) is 2.66. The Morgan fingerprint density at radius 2 is 1.96 bits per heavy atom. The molecule has 1 amide bonds. The summed E-state index contributed by atoms with van der Waals surface area (Å²) in [5.41, 5.74) is 5.55. The fourth-order valence-corrected chi connectivity index (χ4v) is 3.30. The van der Waals surface area contributed by atoms with E-state index in [0.717, 1.165) is 23.2 Å². The van der Waals surface area contributed by atoms with Crippen molar-refractivity contribution < 1.29 is 4.79 Å². The summed E-state index contributed by atoms with van der Waals surface area (Å²) in [5.74, 6) is 0.0679. The van der Waals surface area contributed by atoms with Crippen LogP contribution in [-0.2, 0) is 17.8 Å².